The minimum atomic E-state index is -0.883. The molecule has 2 heterocycles. The highest BCUT2D eigenvalue weighted by Crippen LogP contribution is 2.40. The van der Waals surface area contributed by atoms with E-state index in [1.165, 1.54) is 25.3 Å². The van der Waals surface area contributed by atoms with Crippen LogP contribution < -0.4 is 5.32 Å². The Bertz CT molecular complexity index is 983. The van der Waals surface area contributed by atoms with Crippen molar-refractivity contribution >= 4 is 23.3 Å². The van der Waals surface area contributed by atoms with Gasteiger partial charge in [0.15, 0.2) is 0 Å². The van der Waals surface area contributed by atoms with Crippen LogP contribution in [0.2, 0.25) is 0 Å². The van der Waals surface area contributed by atoms with Gasteiger partial charge in [-0.25, -0.2) is 4.79 Å². The van der Waals surface area contributed by atoms with Crippen LogP contribution in [0.1, 0.15) is 38.2 Å². The zero-order valence-electron chi connectivity index (χ0n) is 19.9. The van der Waals surface area contributed by atoms with Gasteiger partial charge in [0.25, 0.3) is 5.69 Å². The lowest BCUT2D eigenvalue weighted by molar-refractivity contribution is -0.384. The van der Waals surface area contributed by atoms with Crippen molar-refractivity contribution in [2.45, 2.75) is 32.6 Å². The molecule has 1 saturated heterocycles. The van der Waals surface area contributed by atoms with E-state index in [2.05, 4.69) is 15.2 Å². The van der Waals surface area contributed by atoms with Crippen molar-refractivity contribution < 1.29 is 24.0 Å². The first-order valence-electron chi connectivity index (χ1n) is 11.5. The second kappa shape index (κ2) is 11.8. The van der Waals surface area contributed by atoms with Gasteiger partial charge in [0.1, 0.15) is 5.92 Å². The van der Waals surface area contributed by atoms with Gasteiger partial charge in [-0.2, -0.15) is 0 Å². The molecular weight excluding hydrogens is 440 g/mol. The van der Waals surface area contributed by atoms with Gasteiger partial charge in [-0.15, -0.1) is 0 Å². The van der Waals surface area contributed by atoms with Gasteiger partial charge in [-0.1, -0.05) is 12.1 Å². The molecule has 0 amide bonds. The molecule has 1 N–H and O–H groups in total. The Labute approximate surface area is 199 Å². The molecule has 0 radical (unpaired) electrons. The summed E-state index contributed by atoms with van der Waals surface area (Å²) in [7, 11) is 1.27. The quantitative estimate of drug-likeness (QED) is 0.252. The Morgan fingerprint density at radius 2 is 1.97 bits per heavy atom. The molecule has 3 rings (SSSR count). The molecule has 0 spiro atoms. The lowest BCUT2D eigenvalue weighted by atomic mass is 9.75. The average Bonchev–Trinajstić information content (AvgIpc) is 2.83. The molecule has 1 aromatic carbocycles. The maximum Gasteiger partial charge on any atom is 0.336 e. The van der Waals surface area contributed by atoms with Crippen molar-refractivity contribution in [3.8, 4) is 0 Å². The number of methoxy groups -OCH3 is 1. The van der Waals surface area contributed by atoms with E-state index < -0.39 is 28.7 Å². The summed E-state index contributed by atoms with van der Waals surface area (Å²) in [5, 5.41) is 14.7. The molecule has 10 nitrogen and oxygen atoms in total. The third kappa shape index (κ3) is 6.06. The normalized spacial score (nSPS) is 21.1. The van der Waals surface area contributed by atoms with Crippen molar-refractivity contribution in [2.75, 3.05) is 46.4 Å². The second-order valence-electron chi connectivity index (χ2n) is 8.52. The number of aliphatic imine (C=N–C) groups is 1. The average molecular weight is 473 g/mol. The van der Waals surface area contributed by atoms with E-state index in [0.717, 1.165) is 39.1 Å². The Balaban J connectivity index is 1.78. The van der Waals surface area contributed by atoms with E-state index in [9.17, 15) is 19.7 Å². The Hall–Kier alpha value is -3.11. The van der Waals surface area contributed by atoms with Crippen LogP contribution in [0.3, 0.4) is 0 Å². The molecule has 10 heteroatoms. The minimum Gasteiger partial charge on any atom is -0.468 e. The van der Waals surface area contributed by atoms with E-state index in [4.69, 9.17) is 9.47 Å². The molecule has 0 aliphatic carbocycles. The summed E-state index contributed by atoms with van der Waals surface area (Å²) in [6, 6.07) is 5.96. The smallest absolute Gasteiger partial charge is 0.336 e. The number of carbonyl (C=O) groups is 2. The molecule has 2 unspecified atom stereocenters. The number of hydrogen-bond acceptors (Lipinski definition) is 9. The molecule has 34 heavy (non-hydrogen) atoms. The topological polar surface area (TPSA) is 123 Å². The van der Waals surface area contributed by atoms with E-state index in [-0.39, 0.29) is 17.9 Å². The molecule has 2 aliphatic rings. The molecule has 0 saturated carbocycles. The predicted octanol–water partition coefficient (Wildman–Crippen LogP) is 2.44. The van der Waals surface area contributed by atoms with Gasteiger partial charge in [-0.3, -0.25) is 19.9 Å². The fourth-order valence-electron chi connectivity index (χ4n) is 4.54. The van der Waals surface area contributed by atoms with Crippen LogP contribution >= 0.6 is 0 Å². The lowest BCUT2D eigenvalue weighted by Gasteiger charge is -2.31. The van der Waals surface area contributed by atoms with Crippen LogP contribution in [0, 0.1) is 16.0 Å². The minimum absolute atomic E-state index is 0.125. The maximum atomic E-state index is 13.2. The Kier molecular flexibility index (Phi) is 8.89. The van der Waals surface area contributed by atoms with Crippen molar-refractivity contribution in [1.29, 1.82) is 0 Å². The molecule has 0 bridgehead atoms. The van der Waals surface area contributed by atoms with Crippen molar-refractivity contribution in [2.24, 2.45) is 10.9 Å². The van der Waals surface area contributed by atoms with E-state index in [1.54, 1.807) is 19.9 Å². The molecule has 184 valence electrons. The Morgan fingerprint density at radius 3 is 2.65 bits per heavy atom. The third-order valence-corrected chi connectivity index (χ3v) is 6.25. The van der Waals surface area contributed by atoms with Crippen LogP contribution in [0.25, 0.3) is 0 Å². The van der Waals surface area contributed by atoms with E-state index in [0.29, 0.717) is 23.4 Å². The zero-order valence-corrected chi connectivity index (χ0v) is 19.9. The number of hydrogen-bond donors (Lipinski definition) is 1. The number of nitrogens with zero attached hydrogens (tertiary/aromatic N) is 3. The molecular formula is C24H32N4O6. The summed E-state index contributed by atoms with van der Waals surface area (Å²) >= 11 is 0. The molecule has 2 aliphatic heterocycles. The first-order chi connectivity index (χ1) is 16.3. The number of non-ortho nitro benzene ring substituents is 1. The zero-order chi connectivity index (χ0) is 24.7. The molecule has 1 aromatic rings. The number of nitro groups is 1. The van der Waals surface area contributed by atoms with E-state index in [1.807, 2.05) is 0 Å². The second-order valence-corrected chi connectivity index (χ2v) is 8.52. The number of rotatable bonds is 9. The number of unbranched alkanes of at least 4 members (excludes halogenated alkanes) is 1. The number of nitro benzene ring substituents is 1. The van der Waals surface area contributed by atoms with Gasteiger partial charge >= 0.3 is 11.9 Å². The molecule has 1 fully saturated rings. The fourth-order valence-corrected chi connectivity index (χ4v) is 4.54. The first-order valence-corrected chi connectivity index (χ1v) is 11.5. The first kappa shape index (κ1) is 25.5. The SMILES string of the molecule is COC(=O)C1C(C)=NC(C)=C(C(=O)OCCCCN2CCNCC2)C1c1cccc([N+](=O)[O-])c1. The van der Waals surface area contributed by atoms with E-state index >= 15 is 0 Å². The summed E-state index contributed by atoms with van der Waals surface area (Å²) < 4.78 is 10.6. The predicted molar refractivity (Wildman–Crippen MR) is 127 cm³/mol. The highest BCUT2D eigenvalue weighted by Gasteiger charge is 2.42. The summed E-state index contributed by atoms with van der Waals surface area (Å²) in [4.78, 5) is 43.5. The number of ether oxygens (including phenoxy) is 2. The number of piperazine rings is 1. The van der Waals surface area contributed by atoms with Crippen molar-refractivity contribution in [1.82, 2.24) is 10.2 Å². The maximum absolute atomic E-state index is 13.2. The summed E-state index contributed by atoms with van der Waals surface area (Å²) in [6.45, 7) is 8.58. The summed E-state index contributed by atoms with van der Waals surface area (Å²) in [5.41, 5.74) is 1.47. The van der Waals surface area contributed by atoms with Crippen molar-refractivity contribution in [3.63, 3.8) is 0 Å². The molecule has 0 aromatic heterocycles. The number of benzene rings is 1. The Morgan fingerprint density at radius 1 is 1.24 bits per heavy atom. The van der Waals surface area contributed by atoms with Gasteiger partial charge < -0.3 is 19.7 Å². The van der Waals surface area contributed by atoms with Crippen LogP contribution in [0.4, 0.5) is 5.69 Å². The number of nitrogens with one attached hydrogen (secondary N) is 1. The molecule has 2 atom stereocenters. The van der Waals surface area contributed by atoms with Crippen LogP contribution in [0.15, 0.2) is 40.5 Å². The number of allylic oxidation sites excluding steroid dienone is 1. The standard InChI is InChI=1S/C24H32N4O6/c1-16-20(23(29)33-3)22(18-7-6-8-19(15-18)28(31)32)21(17(2)26-16)24(30)34-14-5-4-11-27-12-9-25-10-13-27/h6-8,15,20,22,25H,4-5,9-14H2,1-3H3. The van der Waals surface area contributed by atoms with Gasteiger partial charge in [-0.05, 0) is 38.8 Å². The fraction of sp³-hybridized carbons (Fsp3) is 0.542. The van der Waals surface area contributed by atoms with Crippen molar-refractivity contribution in [3.05, 3.63) is 51.2 Å². The lowest BCUT2D eigenvalue weighted by Crippen LogP contribution is -2.43. The number of carbonyl (C=O) groups excluding carboxylic acids is 2. The highest BCUT2D eigenvalue weighted by atomic mass is 16.6. The van der Waals surface area contributed by atoms with Gasteiger partial charge in [0.2, 0.25) is 0 Å². The van der Waals surface area contributed by atoms with Gasteiger partial charge in [0, 0.05) is 55.6 Å². The third-order valence-electron chi connectivity index (χ3n) is 6.25. The summed E-state index contributed by atoms with van der Waals surface area (Å²) in [5.74, 6) is -2.81. The summed E-state index contributed by atoms with van der Waals surface area (Å²) in [6.07, 6.45) is 1.62. The monoisotopic (exact) mass is 472 g/mol. The number of esters is 2. The largest absolute Gasteiger partial charge is 0.468 e. The highest BCUT2D eigenvalue weighted by molar-refractivity contribution is 6.07. The van der Waals surface area contributed by atoms with Crippen LogP contribution in [-0.4, -0.2) is 73.9 Å². The van der Waals surface area contributed by atoms with Crippen LogP contribution in [-0.2, 0) is 19.1 Å². The van der Waals surface area contributed by atoms with Gasteiger partial charge in [0.05, 0.1) is 24.2 Å². The van der Waals surface area contributed by atoms with Crippen LogP contribution in [0.5, 0.6) is 0 Å².